The van der Waals surface area contributed by atoms with E-state index in [0.717, 1.165) is 5.56 Å². The Morgan fingerprint density at radius 1 is 1.13 bits per heavy atom. The van der Waals surface area contributed by atoms with Crippen molar-refractivity contribution < 1.29 is 14.3 Å². The molecule has 2 rings (SSSR count). The molecule has 0 unspecified atom stereocenters. The van der Waals surface area contributed by atoms with Gasteiger partial charge in [-0.2, -0.15) is 0 Å². The maximum Gasteiger partial charge on any atom is 0.254 e. The van der Waals surface area contributed by atoms with Gasteiger partial charge in [-0.15, -0.1) is 0 Å². The molecule has 126 valence electrons. The highest BCUT2D eigenvalue weighted by molar-refractivity contribution is 6.32. The molecule has 0 aromatic heterocycles. The number of carbonyl (C=O) groups is 2. The van der Waals surface area contributed by atoms with E-state index < -0.39 is 0 Å². The molecule has 6 heteroatoms. The van der Waals surface area contributed by atoms with E-state index in [1.807, 2.05) is 25.7 Å². The number of ether oxygens (including phenoxy) is 1. The number of rotatable bonds is 4. The van der Waals surface area contributed by atoms with Crippen LogP contribution in [0.4, 0.5) is 0 Å². The monoisotopic (exact) mass is 338 g/mol. The van der Waals surface area contributed by atoms with Gasteiger partial charge in [0.25, 0.3) is 5.91 Å². The van der Waals surface area contributed by atoms with E-state index >= 15 is 0 Å². The molecule has 0 aliphatic carbocycles. The van der Waals surface area contributed by atoms with Gasteiger partial charge in [0, 0.05) is 38.2 Å². The number of aryl methyl sites for hydroxylation is 1. The van der Waals surface area contributed by atoms with E-state index in [4.69, 9.17) is 16.3 Å². The fourth-order valence-corrected chi connectivity index (χ4v) is 2.92. The van der Waals surface area contributed by atoms with Crippen LogP contribution in [0.1, 0.15) is 36.2 Å². The van der Waals surface area contributed by atoms with Gasteiger partial charge in [0.15, 0.2) is 0 Å². The number of nitrogens with zero attached hydrogens (tertiary/aromatic N) is 2. The summed E-state index contributed by atoms with van der Waals surface area (Å²) >= 11 is 6.20. The fourth-order valence-electron chi connectivity index (χ4n) is 2.70. The first kappa shape index (κ1) is 17.6. The minimum absolute atomic E-state index is 0.0453. The Morgan fingerprint density at radius 2 is 1.74 bits per heavy atom. The van der Waals surface area contributed by atoms with Gasteiger partial charge in [-0.3, -0.25) is 9.59 Å². The third kappa shape index (κ3) is 3.96. The summed E-state index contributed by atoms with van der Waals surface area (Å²) in [6.45, 7) is 8.42. The van der Waals surface area contributed by atoms with Crippen LogP contribution in [0, 0.1) is 6.92 Å². The van der Waals surface area contributed by atoms with Crippen molar-refractivity contribution in [2.24, 2.45) is 0 Å². The summed E-state index contributed by atoms with van der Waals surface area (Å²) in [5, 5.41) is 0.445. The number of halogens is 1. The molecular weight excluding hydrogens is 316 g/mol. The Labute approximate surface area is 142 Å². The zero-order valence-electron chi connectivity index (χ0n) is 13.9. The fraction of sp³-hybridized carbons (Fsp3) is 0.529. The normalized spacial score (nSPS) is 14.8. The second-order valence-corrected chi connectivity index (χ2v) is 5.96. The quantitative estimate of drug-likeness (QED) is 0.848. The minimum atomic E-state index is -0.0453. The molecule has 1 aliphatic rings. The average Bonchev–Trinajstić information content (AvgIpc) is 2.57. The van der Waals surface area contributed by atoms with E-state index in [0.29, 0.717) is 55.5 Å². The van der Waals surface area contributed by atoms with Gasteiger partial charge >= 0.3 is 0 Å². The lowest BCUT2D eigenvalue weighted by Crippen LogP contribution is -2.50. The summed E-state index contributed by atoms with van der Waals surface area (Å²) in [6, 6.07) is 3.48. The van der Waals surface area contributed by atoms with Crippen molar-refractivity contribution in [1.82, 2.24) is 9.80 Å². The summed E-state index contributed by atoms with van der Waals surface area (Å²) in [6.07, 6.45) is 0.502. The van der Waals surface area contributed by atoms with Crippen LogP contribution in [-0.2, 0) is 4.79 Å². The molecule has 0 radical (unpaired) electrons. The van der Waals surface area contributed by atoms with Gasteiger partial charge < -0.3 is 14.5 Å². The Morgan fingerprint density at radius 3 is 2.30 bits per heavy atom. The molecule has 1 aromatic carbocycles. The van der Waals surface area contributed by atoms with Crippen LogP contribution in [0.5, 0.6) is 5.75 Å². The maximum absolute atomic E-state index is 12.7. The zero-order valence-corrected chi connectivity index (χ0v) is 14.7. The molecule has 23 heavy (non-hydrogen) atoms. The number of hydrogen-bond acceptors (Lipinski definition) is 3. The number of carbonyl (C=O) groups excluding carboxylic acids is 2. The van der Waals surface area contributed by atoms with Crippen LogP contribution in [-0.4, -0.2) is 54.4 Å². The van der Waals surface area contributed by atoms with Gasteiger partial charge in [-0.05, 0) is 31.5 Å². The van der Waals surface area contributed by atoms with Crippen LogP contribution in [0.25, 0.3) is 0 Å². The molecule has 5 nitrogen and oxygen atoms in total. The molecule has 0 spiro atoms. The van der Waals surface area contributed by atoms with Crippen LogP contribution < -0.4 is 4.74 Å². The Bertz CT molecular complexity index is 596. The molecular formula is C17H23ClN2O3. The van der Waals surface area contributed by atoms with Crippen LogP contribution in [0.3, 0.4) is 0 Å². The number of benzene rings is 1. The molecule has 1 aromatic rings. The lowest BCUT2D eigenvalue weighted by Gasteiger charge is -2.35. The first-order valence-electron chi connectivity index (χ1n) is 7.97. The zero-order chi connectivity index (χ0) is 17.0. The molecule has 1 aliphatic heterocycles. The van der Waals surface area contributed by atoms with Crippen LogP contribution >= 0.6 is 11.6 Å². The third-order valence-corrected chi connectivity index (χ3v) is 4.33. The van der Waals surface area contributed by atoms with Gasteiger partial charge in [0.2, 0.25) is 5.91 Å². The summed E-state index contributed by atoms with van der Waals surface area (Å²) < 4.78 is 5.45. The molecule has 2 amide bonds. The molecule has 1 heterocycles. The maximum atomic E-state index is 12.7. The predicted molar refractivity (Wildman–Crippen MR) is 90.1 cm³/mol. The number of amides is 2. The average molecular weight is 339 g/mol. The lowest BCUT2D eigenvalue weighted by molar-refractivity contribution is -0.132. The molecule has 0 saturated carbocycles. The third-order valence-electron chi connectivity index (χ3n) is 4.03. The largest absolute Gasteiger partial charge is 0.492 e. The van der Waals surface area contributed by atoms with Crippen molar-refractivity contribution in [1.29, 1.82) is 0 Å². The lowest BCUT2D eigenvalue weighted by atomic mass is 10.1. The van der Waals surface area contributed by atoms with Crippen molar-refractivity contribution >= 4 is 23.4 Å². The van der Waals surface area contributed by atoms with Crippen molar-refractivity contribution in [3.63, 3.8) is 0 Å². The smallest absolute Gasteiger partial charge is 0.254 e. The Balaban J connectivity index is 2.10. The molecule has 1 fully saturated rings. The van der Waals surface area contributed by atoms with Gasteiger partial charge in [0.05, 0.1) is 11.6 Å². The van der Waals surface area contributed by atoms with Crippen LogP contribution in [0.2, 0.25) is 5.02 Å². The second kappa shape index (κ2) is 7.68. The summed E-state index contributed by atoms with van der Waals surface area (Å²) in [5.41, 5.74) is 1.43. The van der Waals surface area contributed by atoms with E-state index in [9.17, 15) is 9.59 Å². The van der Waals surface area contributed by atoms with E-state index in [2.05, 4.69) is 0 Å². The molecule has 0 N–H and O–H groups in total. The van der Waals surface area contributed by atoms with Crippen molar-refractivity contribution in [3.05, 3.63) is 28.3 Å². The first-order chi connectivity index (χ1) is 11.0. The molecule has 1 saturated heterocycles. The van der Waals surface area contributed by atoms with E-state index in [-0.39, 0.29) is 11.8 Å². The molecule has 0 atom stereocenters. The standard InChI is InChI=1S/C17H23ClN2O3/c1-4-16(21)19-6-8-20(9-7-19)17(22)13-11-14(18)15(23-5-2)10-12(13)3/h10-11H,4-9H2,1-3H3. The summed E-state index contributed by atoms with van der Waals surface area (Å²) in [7, 11) is 0. The topological polar surface area (TPSA) is 49.9 Å². The predicted octanol–water partition coefficient (Wildman–Crippen LogP) is 2.74. The minimum Gasteiger partial charge on any atom is -0.492 e. The van der Waals surface area contributed by atoms with E-state index in [1.54, 1.807) is 17.0 Å². The van der Waals surface area contributed by atoms with Gasteiger partial charge in [-0.25, -0.2) is 0 Å². The highest BCUT2D eigenvalue weighted by Crippen LogP contribution is 2.29. The van der Waals surface area contributed by atoms with Crippen molar-refractivity contribution in [3.8, 4) is 5.75 Å². The van der Waals surface area contributed by atoms with Crippen molar-refractivity contribution in [2.75, 3.05) is 32.8 Å². The number of hydrogen-bond donors (Lipinski definition) is 0. The van der Waals surface area contributed by atoms with Crippen LogP contribution in [0.15, 0.2) is 12.1 Å². The first-order valence-corrected chi connectivity index (χ1v) is 8.35. The van der Waals surface area contributed by atoms with E-state index in [1.165, 1.54) is 0 Å². The Hall–Kier alpha value is -1.75. The number of piperazine rings is 1. The summed E-state index contributed by atoms with van der Waals surface area (Å²) in [5.74, 6) is 0.690. The highest BCUT2D eigenvalue weighted by atomic mass is 35.5. The second-order valence-electron chi connectivity index (χ2n) is 5.56. The summed E-state index contributed by atoms with van der Waals surface area (Å²) in [4.78, 5) is 28.0. The van der Waals surface area contributed by atoms with Crippen molar-refractivity contribution in [2.45, 2.75) is 27.2 Å². The SMILES string of the molecule is CCOc1cc(C)c(C(=O)N2CCN(C(=O)CC)CC2)cc1Cl. The van der Waals surface area contributed by atoms with Gasteiger partial charge in [-0.1, -0.05) is 18.5 Å². The highest BCUT2D eigenvalue weighted by Gasteiger charge is 2.25. The molecule has 0 bridgehead atoms. The van der Waals surface area contributed by atoms with Gasteiger partial charge in [0.1, 0.15) is 5.75 Å². The Kier molecular flexibility index (Phi) is 5.88.